The third-order valence-electron chi connectivity index (χ3n) is 3.48. The topological polar surface area (TPSA) is 0 Å². The Hall–Kier alpha value is -1.56. The molecule has 0 heterocycles. The minimum atomic E-state index is 1.36. The highest BCUT2D eigenvalue weighted by atomic mass is 14.1. The van der Waals surface area contributed by atoms with E-state index in [0.717, 1.165) is 0 Å². The average Bonchev–Trinajstić information content (AvgIpc) is 2.32. The van der Waals surface area contributed by atoms with Gasteiger partial charge in [0, 0.05) is 0 Å². The summed E-state index contributed by atoms with van der Waals surface area (Å²) in [5.74, 6) is 0. The molecule has 0 heteroatoms. The van der Waals surface area contributed by atoms with Crippen molar-refractivity contribution in [2.45, 2.75) is 27.7 Å². The summed E-state index contributed by atoms with van der Waals surface area (Å²) in [6, 6.07) is 8.65. The molecule has 2 aromatic carbocycles. The fraction of sp³-hybridized carbons (Fsp3) is 0.250. The van der Waals surface area contributed by atoms with Crippen LogP contribution in [0.5, 0.6) is 0 Å². The van der Waals surface area contributed by atoms with E-state index in [9.17, 15) is 0 Å². The van der Waals surface area contributed by atoms with E-state index < -0.39 is 0 Å². The quantitative estimate of drug-likeness (QED) is 0.634. The summed E-state index contributed by atoms with van der Waals surface area (Å²) in [6.45, 7) is 8.71. The van der Waals surface area contributed by atoms with Gasteiger partial charge in [0.05, 0.1) is 0 Å². The molecule has 0 saturated heterocycles. The lowest BCUT2D eigenvalue weighted by atomic mass is 9.91. The van der Waals surface area contributed by atoms with E-state index >= 15 is 0 Å². The Labute approximate surface area is 97.6 Å². The van der Waals surface area contributed by atoms with E-state index in [4.69, 9.17) is 0 Å². The monoisotopic (exact) mass is 210 g/mol. The molecule has 0 aliphatic rings. The van der Waals surface area contributed by atoms with Gasteiger partial charge in [-0.05, 0) is 60.7 Å². The summed E-state index contributed by atoms with van der Waals surface area (Å²) in [4.78, 5) is 0. The highest BCUT2D eigenvalue weighted by Crippen LogP contribution is 2.30. The van der Waals surface area contributed by atoms with Crippen molar-refractivity contribution >= 4 is 16.8 Å². The molecule has 16 heavy (non-hydrogen) atoms. The smallest absolute Gasteiger partial charge is 0.0106 e. The molecule has 0 spiro atoms. The van der Waals surface area contributed by atoms with Gasteiger partial charge in [-0.3, -0.25) is 0 Å². The van der Waals surface area contributed by atoms with Crippen molar-refractivity contribution in [3.63, 3.8) is 0 Å². The van der Waals surface area contributed by atoms with Gasteiger partial charge < -0.3 is 0 Å². The maximum atomic E-state index is 2.21. The standard InChI is InChI=1S/C16H18/c1-5-8-14-12(3)11(2)13(4)15-9-6-7-10-16(14)15/h5-10H,1-4H3/b8-5+. The molecular formula is C16H18. The molecule has 0 aliphatic heterocycles. The van der Waals surface area contributed by atoms with Crippen LogP contribution in [-0.2, 0) is 0 Å². The Kier molecular flexibility index (Phi) is 2.82. The Morgan fingerprint density at radius 1 is 0.812 bits per heavy atom. The summed E-state index contributed by atoms with van der Waals surface area (Å²) in [6.07, 6.45) is 4.33. The number of allylic oxidation sites excluding steroid dienone is 1. The molecule has 0 amide bonds. The lowest BCUT2D eigenvalue weighted by molar-refractivity contribution is 1.29. The van der Waals surface area contributed by atoms with Crippen molar-refractivity contribution < 1.29 is 0 Å². The molecule has 0 atom stereocenters. The summed E-state index contributed by atoms with van der Waals surface area (Å²) in [7, 11) is 0. The van der Waals surface area contributed by atoms with Gasteiger partial charge >= 0.3 is 0 Å². The van der Waals surface area contributed by atoms with Gasteiger partial charge in [0.2, 0.25) is 0 Å². The largest absolute Gasteiger partial charge is 0.0870 e. The van der Waals surface area contributed by atoms with Gasteiger partial charge in [-0.25, -0.2) is 0 Å². The van der Waals surface area contributed by atoms with Crippen molar-refractivity contribution in [3.05, 3.63) is 52.6 Å². The van der Waals surface area contributed by atoms with E-state index in [-0.39, 0.29) is 0 Å². The molecule has 0 radical (unpaired) electrons. The van der Waals surface area contributed by atoms with Gasteiger partial charge in [-0.15, -0.1) is 0 Å². The van der Waals surface area contributed by atoms with Gasteiger partial charge in [0.25, 0.3) is 0 Å². The number of aryl methyl sites for hydroxylation is 1. The number of rotatable bonds is 1. The fourth-order valence-corrected chi connectivity index (χ4v) is 2.31. The first-order valence-electron chi connectivity index (χ1n) is 5.78. The molecule has 2 aromatic rings. The van der Waals surface area contributed by atoms with Gasteiger partial charge in [-0.2, -0.15) is 0 Å². The van der Waals surface area contributed by atoms with Crippen LogP contribution in [0.3, 0.4) is 0 Å². The second kappa shape index (κ2) is 4.13. The number of hydrogen-bond acceptors (Lipinski definition) is 0. The van der Waals surface area contributed by atoms with Gasteiger partial charge in [0.15, 0.2) is 0 Å². The molecule has 0 fully saturated rings. The molecule has 0 bridgehead atoms. The summed E-state index contributed by atoms with van der Waals surface area (Å²) in [5, 5.41) is 2.74. The highest BCUT2D eigenvalue weighted by molar-refractivity contribution is 5.95. The van der Waals surface area contributed by atoms with E-state index in [1.165, 1.54) is 33.0 Å². The maximum absolute atomic E-state index is 2.21. The average molecular weight is 210 g/mol. The first-order chi connectivity index (χ1) is 7.66. The van der Waals surface area contributed by atoms with Crippen LogP contribution in [0.15, 0.2) is 30.3 Å². The Morgan fingerprint density at radius 3 is 2.06 bits per heavy atom. The zero-order valence-electron chi connectivity index (χ0n) is 10.5. The SMILES string of the molecule is C/C=C/c1c(C)c(C)c(C)c2ccccc12. The Balaban J connectivity index is 2.97. The number of benzene rings is 2. The molecular weight excluding hydrogens is 192 g/mol. The Morgan fingerprint density at radius 2 is 1.44 bits per heavy atom. The van der Waals surface area contributed by atoms with Crippen LogP contribution in [-0.4, -0.2) is 0 Å². The summed E-state index contributed by atoms with van der Waals surface area (Å²) >= 11 is 0. The van der Waals surface area contributed by atoms with E-state index in [1.807, 2.05) is 0 Å². The third kappa shape index (κ3) is 1.55. The van der Waals surface area contributed by atoms with Gasteiger partial charge in [-0.1, -0.05) is 36.4 Å². The molecule has 0 saturated carbocycles. The summed E-state index contributed by atoms with van der Waals surface area (Å²) < 4.78 is 0. The van der Waals surface area contributed by atoms with Crippen LogP contribution >= 0.6 is 0 Å². The highest BCUT2D eigenvalue weighted by Gasteiger charge is 2.08. The molecule has 2 rings (SSSR count). The number of hydrogen-bond donors (Lipinski definition) is 0. The lowest BCUT2D eigenvalue weighted by Crippen LogP contribution is -1.93. The van der Waals surface area contributed by atoms with Crippen LogP contribution in [0.4, 0.5) is 0 Å². The minimum Gasteiger partial charge on any atom is -0.0870 e. The fourth-order valence-electron chi connectivity index (χ4n) is 2.31. The minimum absolute atomic E-state index is 1.36. The zero-order chi connectivity index (χ0) is 11.7. The van der Waals surface area contributed by atoms with Crippen molar-refractivity contribution in [2.24, 2.45) is 0 Å². The first kappa shape index (κ1) is 10.9. The summed E-state index contributed by atoms with van der Waals surface area (Å²) in [5.41, 5.74) is 5.57. The number of fused-ring (bicyclic) bond motifs is 1. The molecule has 0 aromatic heterocycles. The van der Waals surface area contributed by atoms with E-state index in [1.54, 1.807) is 0 Å². The van der Waals surface area contributed by atoms with Crippen molar-refractivity contribution in [3.8, 4) is 0 Å². The van der Waals surface area contributed by atoms with E-state index in [2.05, 4.69) is 64.1 Å². The first-order valence-corrected chi connectivity index (χ1v) is 5.78. The molecule has 0 nitrogen and oxygen atoms in total. The predicted molar refractivity (Wildman–Crippen MR) is 72.9 cm³/mol. The molecule has 0 aliphatic carbocycles. The van der Waals surface area contributed by atoms with Crippen LogP contribution in [0.2, 0.25) is 0 Å². The lowest BCUT2D eigenvalue weighted by Gasteiger charge is -2.14. The van der Waals surface area contributed by atoms with Crippen molar-refractivity contribution in [1.29, 1.82) is 0 Å². The van der Waals surface area contributed by atoms with Crippen molar-refractivity contribution in [1.82, 2.24) is 0 Å². The van der Waals surface area contributed by atoms with Crippen molar-refractivity contribution in [2.75, 3.05) is 0 Å². The molecule has 0 N–H and O–H groups in total. The maximum Gasteiger partial charge on any atom is -0.0106 e. The third-order valence-corrected chi connectivity index (χ3v) is 3.48. The Bertz CT molecular complexity index is 560. The van der Waals surface area contributed by atoms with Crippen LogP contribution < -0.4 is 0 Å². The van der Waals surface area contributed by atoms with Crippen LogP contribution in [0, 0.1) is 20.8 Å². The normalized spacial score (nSPS) is 11.5. The van der Waals surface area contributed by atoms with Crippen LogP contribution in [0.1, 0.15) is 29.2 Å². The second-order valence-electron chi connectivity index (χ2n) is 4.33. The molecule has 0 unspecified atom stereocenters. The van der Waals surface area contributed by atoms with E-state index in [0.29, 0.717) is 0 Å². The molecule has 82 valence electrons. The second-order valence-corrected chi connectivity index (χ2v) is 4.33. The zero-order valence-corrected chi connectivity index (χ0v) is 10.5. The van der Waals surface area contributed by atoms with Crippen LogP contribution in [0.25, 0.3) is 16.8 Å². The predicted octanol–water partition coefficient (Wildman–Crippen LogP) is 4.80. The van der Waals surface area contributed by atoms with Gasteiger partial charge in [0.1, 0.15) is 0 Å².